The first-order chi connectivity index (χ1) is 17.7. The zero-order valence-corrected chi connectivity index (χ0v) is 25.0. The maximum absolute atomic E-state index is 11.6. The lowest BCUT2D eigenvalue weighted by molar-refractivity contribution is -0.144. The Kier molecular flexibility index (Phi) is 29.7. The maximum atomic E-state index is 11.6. The average Bonchev–Trinajstić information content (AvgIpc) is 2.86. The lowest BCUT2D eigenvalue weighted by Gasteiger charge is -2.09. The first-order valence-electron chi connectivity index (χ1n) is 16.1. The molecule has 0 aromatic carbocycles. The number of unbranched alkanes of at least 4 members (excludes halogenated alkanes) is 22. The highest BCUT2D eigenvalue weighted by Gasteiger charge is 2.02. The molecule has 0 aromatic heterocycles. The van der Waals surface area contributed by atoms with Crippen molar-refractivity contribution in [3.05, 3.63) is 12.2 Å². The van der Waals surface area contributed by atoms with E-state index in [-0.39, 0.29) is 5.97 Å². The highest BCUT2D eigenvalue weighted by Crippen LogP contribution is 2.14. The third kappa shape index (κ3) is 31.2. The Hall–Kier alpha value is -0.830. The Balaban J connectivity index is 3.15. The normalized spacial score (nSPS) is 11.7. The van der Waals surface area contributed by atoms with Gasteiger partial charge in [0.1, 0.15) is 6.61 Å². The Morgan fingerprint density at radius 3 is 1.31 bits per heavy atom. The van der Waals surface area contributed by atoms with Crippen LogP contribution >= 0.6 is 0 Å². The van der Waals surface area contributed by atoms with Gasteiger partial charge >= 0.3 is 5.97 Å². The summed E-state index contributed by atoms with van der Waals surface area (Å²) in [6.45, 7) is 3.61. The van der Waals surface area contributed by atoms with E-state index in [9.17, 15) is 4.79 Å². The predicted octanol–water partition coefficient (Wildman–Crippen LogP) is 10.4. The summed E-state index contributed by atoms with van der Waals surface area (Å²) in [5, 5.41) is 0. The van der Waals surface area contributed by atoms with Crippen molar-refractivity contribution in [1.82, 2.24) is 4.90 Å². The van der Waals surface area contributed by atoms with Crippen molar-refractivity contribution in [2.24, 2.45) is 0 Å². The quantitative estimate of drug-likeness (QED) is 0.0572. The van der Waals surface area contributed by atoms with Crippen LogP contribution in [0.4, 0.5) is 0 Å². The van der Waals surface area contributed by atoms with Crippen LogP contribution in [0.2, 0.25) is 0 Å². The summed E-state index contributed by atoms with van der Waals surface area (Å²) in [7, 11) is 3.98. The smallest absolute Gasteiger partial charge is 0.305 e. The fourth-order valence-electron chi connectivity index (χ4n) is 4.70. The van der Waals surface area contributed by atoms with E-state index in [4.69, 9.17) is 4.74 Å². The van der Waals surface area contributed by atoms with Gasteiger partial charge in [-0.1, -0.05) is 141 Å². The largest absolute Gasteiger partial charge is 0.464 e. The molecule has 0 atom stereocenters. The molecular weight excluding hydrogens is 442 g/mol. The summed E-state index contributed by atoms with van der Waals surface area (Å²) in [4.78, 5) is 13.6. The van der Waals surface area contributed by atoms with E-state index >= 15 is 0 Å². The highest BCUT2D eigenvalue weighted by atomic mass is 16.5. The van der Waals surface area contributed by atoms with Crippen LogP contribution in [0.3, 0.4) is 0 Å². The summed E-state index contributed by atoms with van der Waals surface area (Å²) < 4.78 is 5.22. The molecule has 0 heterocycles. The molecule has 214 valence electrons. The maximum Gasteiger partial charge on any atom is 0.305 e. The van der Waals surface area contributed by atoms with Gasteiger partial charge in [-0.2, -0.15) is 0 Å². The third-order valence-corrected chi connectivity index (χ3v) is 7.19. The van der Waals surface area contributed by atoms with Crippen molar-refractivity contribution in [3.8, 4) is 0 Å². The van der Waals surface area contributed by atoms with Crippen LogP contribution in [0, 0.1) is 0 Å². The Labute approximate surface area is 227 Å². The summed E-state index contributed by atoms with van der Waals surface area (Å²) >= 11 is 0. The van der Waals surface area contributed by atoms with Crippen LogP contribution in [0.25, 0.3) is 0 Å². The molecular formula is C33H65NO2. The highest BCUT2D eigenvalue weighted by molar-refractivity contribution is 5.69. The number of likely N-dealkylation sites (N-methyl/N-ethyl adjacent to an activating group) is 1. The van der Waals surface area contributed by atoms with E-state index in [1.807, 2.05) is 19.0 Å². The molecule has 0 saturated carbocycles. The summed E-state index contributed by atoms with van der Waals surface area (Å²) in [5.74, 6) is -0.0378. The fourth-order valence-corrected chi connectivity index (χ4v) is 4.70. The number of carbonyl (C=O) groups excluding carboxylic acids is 1. The van der Waals surface area contributed by atoms with Crippen molar-refractivity contribution in [2.45, 2.75) is 167 Å². The molecule has 36 heavy (non-hydrogen) atoms. The number of hydrogen-bond donors (Lipinski definition) is 0. The standard InChI is InChI=1S/C33H65NO2/c1-4-5-6-7-8-9-10-11-12-13-14-15-16-17-18-19-20-21-22-23-24-25-26-27-28-29-30-33(35)36-32-31-34(2)3/h22-23H,4-21,24-32H2,1-3H3. The molecule has 0 bridgehead atoms. The monoisotopic (exact) mass is 508 g/mol. The van der Waals surface area contributed by atoms with Gasteiger partial charge in [-0.3, -0.25) is 4.79 Å². The van der Waals surface area contributed by atoms with E-state index in [1.54, 1.807) is 0 Å². The molecule has 0 spiro atoms. The lowest BCUT2D eigenvalue weighted by Crippen LogP contribution is -2.20. The molecule has 0 aliphatic heterocycles. The number of hydrogen-bond acceptors (Lipinski definition) is 3. The second-order valence-electron chi connectivity index (χ2n) is 11.2. The average molecular weight is 508 g/mol. The topological polar surface area (TPSA) is 29.5 Å². The summed E-state index contributed by atoms with van der Waals surface area (Å²) in [5.41, 5.74) is 0. The van der Waals surface area contributed by atoms with Crippen molar-refractivity contribution in [2.75, 3.05) is 27.2 Å². The second-order valence-corrected chi connectivity index (χ2v) is 11.2. The molecule has 0 radical (unpaired) electrons. The van der Waals surface area contributed by atoms with Crippen LogP contribution in [0.5, 0.6) is 0 Å². The van der Waals surface area contributed by atoms with Crippen molar-refractivity contribution in [3.63, 3.8) is 0 Å². The summed E-state index contributed by atoms with van der Waals surface area (Å²) in [6, 6.07) is 0. The SMILES string of the molecule is CCCCCCCCCCCCCCCCCCCC=CCCCCCCCC(=O)OCCN(C)C. The fraction of sp³-hybridized carbons (Fsp3) is 0.909. The van der Waals surface area contributed by atoms with Gasteiger partial charge in [0.25, 0.3) is 0 Å². The molecule has 0 aromatic rings. The van der Waals surface area contributed by atoms with Crippen molar-refractivity contribution < 1.29 is 9.53 Å². The Morgan fingerprint density at radius 2 is 0.917 bits per heavy atom. The van der Waals surface area contributed by atoms with E-state index in [1.165, 1.54) is 141 Å². The molecule has 0 amide bonds. The number of allylic oxidation sites excluding steroid dienone is 2. The first kappa shape index (κ1) is 35.2. The van der Waals surface area contributed by atoms with Gasteiger partial charge in [0.05, 0.1) is 0 Å². The van der Waals surface area contributed by atoms with Crippen LogP contribution in [-0.2, 0) is 9.53 Å². The van der Waals surface area contributed by atoms with Crippen molar-refractivity contribution >= 4 is 5.97 Å². The number of carbonyl (C=O) groups is 1. The van der Waals surface area contributed by atoms with Gasteiger partial charge in [-0.15, -0.1) is 0 Å². The molecule has 0 unspecified atom stereocenters. The number of esters is 1. The van der Waals surface area contributed by atoms with Gasteiger partial charge in [-0.25, -0.2) is 0 Å². The van der Waals surface area contributed by atoms with E-state index < -0.39 is 0 Å². The van der Waals surface area contributed by atoms with Gasteiger partial charge in [-0.05, 0) is 46.2 Å². The number of rotatable bonds is 29. The third-order valence-electron chi connectivity index (χ3n) is 7.19. The molecule has 0 saturated heterocycles. The van der Waals surface area contributed by atoms with Crippen molar-refractivity contribution in [1.29, 1.82) is 0 Å². The summed E-state index contributed by atoms with van der Waals surface area (Å²) in [6.07, 6.45) is 38.2. The van der Waals surface area contributed by atoms with Crippen LogP contribution < -0.4 is 0 Å². The Morgan fingerprint density at radius 1 is 0.556 bits per heavy atom. The van der Waals surface area contributed by atoms with Gasteiger partial charge in [0.15, 0.2) is 0 Å². The molecule has 0 fully saturated rings. The Bertz CT molecular complexity index is 461. The molecule has 0 N–H and O–H groups in total. The van der Waals surface area contributed by atoms with Crippen LogP contribution in [-0.4, -0.2) is 38.1 Å². The molecule has 0 aliphatic rings. The minimum Gasteiger partial charge on any atom is -0.464 e. The molecule has 0 aliphatic carbocycles. The van der Waals surface area contributed by atoms with Crippen LogP contribution in [0.1, 0.15) is 167 Å². The van der Waals surface area contributed by atoms with E-state index in [2.05, 4.69) is 19.1 Å². The van der Waals surface area contributed by atoms with E-state index in [0.717, 1.165) is 19.4 Å². The lowest BCUT2D eigenvalue weighted by atomic mass is 10.0. The number of ether oxygens (including phenoxy) is 1. The minimum absolute atomic E-state index is 0.0378. The van der Waals surface area contributed by atoms with Gasteiger partial charge in [0, 0.05) is 13.0 Å². The zero-order chi connectivity index (χ0) is 26.4. The minimum atomic E-state index is -0.0378. The molecule has 0 rings (SSSR count). The first-order valence-corrected chi connectivity index (χ1v) is 16.1. The number of nitrogens with zero attached hydrogens (tertiary/aromatic N) is 1. The molecule has 3 nitrogen and oxygen atoms in total. The van der Waals surface area contributed by atoms with Gasteiger partial charge in [0.2, 0.25) is 0 Å². The van der Waals surface area contributed by atoms with Crippen LogP contribution in [0.15, 0.2) is 12.2 Å². The predicted molar refractivity (Wildman–Crippen MR) is 160 cm³/mol. The van der Waals surface area contributed by atoms with Gasteiger partial charge < -0.3 is 9.64 Å². The molecule has 3 heteroatoms. The zero-order valence-electron chi connectivity index (χ0n) is 25.0. The second kappa shape index (κ2) is 30.4. The van der Waals surface area contributed by atoms with E-state index in [0.29, 0.717) is 13.0 Å².